The SMILES string of the molecule is CCO[Si](CCCC(Br)C(N)=O)(OCC)OCC. The fraction of sp³-hybridized carbons (Fsp3) is 0.909. The molecule has 18 heavy (non-hydrogen) atoms. The van der Waals surface area contributed by atoms with Crippen LogP contribution in [0.25, 0.3) is 0 Å². The van der Waals surface area contributed by atoms with Gasteiger partial charge in [0, 0.05) is 25.9 Å². The molecule has 5 nitrogen and oxygen atoms in total. The number of nitrogens with two attached hydrogens (primary N) is 1. The number of halogens is 1. The summed E-state index contributed by atoms with van der Waals surface area (Å²) >= 11 is 3.25. The molecule has 0 aromatic heterocycles. The Bertz CT molecular complexity index is 226. The number of primary amides is 1. The van der Waals surface area contributed by atoms with Crippen molar-refractivity contribution in [1.29, 1.82) is 0 Å². The molecule has 0 fully saturated rings. The van der Waals surface area contributed by atoms with E-state index in [0.717, 1.165) is 6.42 Å². The third kappa shape index (κ3) is 6.84. The Morgan fingerprint density at radius 1 is 1.17 bits per heavy atom. The molecule has 1 atom stereocenters. The number of carbonyl (C=O) groups excluding carboxylic acids is 1. The average molecular weight is 342 g/mol. The van der Waals surface area contributed by atoms with Gasteiger partial charge in [-0.2, -0.15) is 0 Å². The van der Waals surface area contributed by atoms with Crippen LogP contribution in [0.3, 0.4) is 0 Å². The summed E-state index contributed by atoms with van der Waals surface area (Å²) in [7, 11) is -2.57. The van der Waals surface area contributed by atoms with Gasteiger partial charge in [0.1, 0.15) is 0 Å². The molecule has 0 rings (SSSR count). The zero-order valence-electron chi connectivity index (χ0n) is 11.4. The van der Waals surface area contributed by atoms with Gasteiger partial charge in [0.15, 0.2) is 0 Å². The van der Waals surface area contributed by atoms with Crippen molar-refractivity contribution in [3.8, 4) is 0 Å². The molecule has 0 bridgehead atoms. The lowest BCUT2D eigenvalue weighted by atomic mass is 10.2. The standard InChI is InChI=1S/C11H24BrNO4Si/c1-4-15-18(16-5-2,17-6-3)9-7-8-10(12)11(13)14/h10H,4-9H2,1-3H3,(H2,13,14). The van der Waals surface area contributed by atoms with Crippen molar-refractivity contribution < 1.29 is 18.1 Å². The molecule has 1 amide bonds. The molecular formula is C11H24BrNO4Si. The van der Waals surface area contributed by atoms with Gasteiger partial charge in [0.25, 0.3) is 0 Å². The van der Waals surface area contributed by atoms with Crippen LogP contribution in [0, 0.1) is 0 Å². The lowest BCUT2D eigenvalue weighted by Crippen LogP contribution is -2.46. The normalized spacial score (nSPS) is 13.6. The predicted molar refractivity (Wildman–Crippen MR) is 76.6 cm³/mol. The Kier molecular flexibility index (Phi) is 9.94. The zero-order chi connectivity index (χ0) is 14.0. The minimum atomic E-state index is -2.57. The summed E-state index contributed by atoms with van der Waals surface area (Å²) in [6.07, 6.45) is 1.45. The molecule has 0 aliphatic rings. The van der Waals surface area contributed by atoms with E-state index >= 15 is 0 Å². The summed E-state index contributed by atoms with van der Waals surface area (Å²) in [5.41, 5.74) is 5.19. The van der Waals surface area contributed by atoms with Crippen molar-refractivity contribution in [1.82, 2.24) is 0 Å². The number of amides is 1. The lowest BCUT2D eigenvalue weighted by Gasteiger charge is -2.28. The minimum absolute atomic E-state index is 0.297. The van der Waals surface area contributed by atoms with Crippen LogP contribution in [0.15, 0.2) is 0 Å². The smallest absolute Gasteiger partial charge is 0.374 e. The van der Waals surface area contributed by atoms with Gasteiger partial charge in [-0.15, -0.1) is 0 Å². The third-order valence-electron chi connectivity index (χ3n) is 2.34. The van der Waals surface area contributed by atoms with Crippen LogP contribution < -0.4 is 5.73 Å². The van der Waals surface area contributed by atoms with E-state index in [1.54, 1.807) is 0 Å². The summed E-state index contributed by atoms with van der Waals surface area (Å²) in [5, 5.41) is 0. The maximum absolute atomic E-state index is 10.9. The molecule has 0 radical (unpaired) electrons. The first-order chi connectivity index (χ1) is 8.51. The van der Waals surface area contributed by atoms with Crippen LogP contribution in [0.1, 0.15) is 33.6 Å². The molecule has 108 valence electrons. The zero-order valence-corrected chi connectivity index (χ0v) is 14.0. The highest BCUT2D eigenvalue weighted by atomic mass is 79.9. The Morgan fingerprint density at radius 2 is 1.61 bits per heavy atom. The number of alkyl halides is 1. The number of hydrogen-bond acceptors (Lipinski definition) is 4. The van der Waals surface area contributed by atoms with Crippen LogP contribution in [0.4, 0.5) is 0 Å². The van der Waals surface area contributed by atoms with Crippen molar-refractivity contribution in [2.45, 2.75) is 44.5 Å². The molecule has 0 aliphatic carbocycles. The summed E-state index contributed by atoms with van der Waals surface area (Å²) in [6, 6.07) is 0.706. The van der Waals surface area contributed by atoms with Crippen LogP contribution >= 0.6 is 15.9 Å². The van der Waals surface area contributed by atoms with Crippen LogP contribution in [-0.2, 0) is 18.1 Å². The van der Waals surface area contributed by atoms with Gasteiger partial charge in [-0.3, -0.25) is 4.79 Å². The van der Waals surface area contributed by atoms with Gasteiger partial charge < -0.3 is 19.0 Å². The summed E-state index contributed by atoms with van der Waals surface area (Å²) in [6.45, 7) is 7.49. The van der Waals surface area contributed by atoms with E-state index in [2.05, 4.69) is 15.9 Å². The van der Waals surface area contributed by atoms with E-state index in [1.807, 2.05) is 20.8 Å². The van der Waals surface area contributed by atoms with Crippen LogP contribution in [0.2, 0.25) is 6.04 Å². The van der Waals surface area contributed by atoms with Crippen molar-refractivity contribution in [3.63, 3.8) is 0 Å². The summed E-state index contributed by atoms with van der Waals surface area (Å²) < 4.78 is 17.1. The Hall–Kier alpha value is 0.0469. The van der Waals surface area contributed by atoms with Gasteiger partial charge in [0.2, 0.25) is 5.91 Å². The molecule has 0 aromatic carbocycles. The highest BCUT2D eigenvalue weighted by Crippen LogP contribution is 2.21. The molecule has 1 unspecified atom stereocenters. The Labute approximate surface area is 119 Å². The van der Waals surface area contributed by atoms with Crippen LogP contribution in [-0.4, -0.2) is 39.4 Å². The van der Waals surface area contributed by atoms with E-state index in [-0.39, 0.29) is 10.7 Å². The van der Waals surface area contributed by atoms with Crippen molar-refractivity contribution >= 4 is 30.6 Å². The Balaban J connectivity index is 4.33. The maximum Gasteiger partial charge on any atom is 0.500 e. The van der Waals surface area contributed by atoms with Gasteiger partial charge in [0.05, 0.1) is 4.83 Å². The van der Waals surface area contributed by atoms with E-state index in [1.165, 1.54) is 0 Å². The van der Waals surface area contributed by atoms with E-state index in [4.69, 9.17) is 19.0 Å². The largest absolute Gasteiger partial charge is 0.500 e. The second-order valence-electron chi connectivity index (χ2n) is 3.74. The predicted octanol–water partition coefficient (Wildman–Crippen LogP) is 2.06. The average Bonchev–Trinajstić information content (AvgIpc) is 2.29. The molecule has 0 saturated heterocycles. The van der Waals surface area contributed by atoms with E-state index < -0.39 is 8.80 Å². The fourth-order valence-corrected chi connectivity index (χ4v) is 4.60. The summed E-state index contributed by atoms with van der Waals surface area (Å²) in [5.74, 6) is -0.341. The highest BCUT2D eigenvalue weighted by molar-refractivity contribution is 9.10. The van der Waals surface area contributed by atoms with Crippen molar-refractivity contribution in [2.24, 2.45) is 5.73 Å². The first-order valence-corrected chi connectivity index (χ1v) is 9.21. The van der Waals surface area contributed by atoms with Crippen molar-refractivity contribution in [3.05, 3.63) is 0 Å². The lowest BCUT2D eigenvalue weighted by molar-refractivity contribution is -0.117. The van der Waals surface area contributed by atoms with Gasteiger partial charge in [-0.25, -0.2) is 0 Å². The Morgan fingerprint density at radius 3 is 1.94 bits per heavy atom. The highest BCUT2D eigenvalue weighted by Gasteiger charge is 2.39. The number of carbonyl (C=O) groups is 1. The molecule has 7 heteroatoms. The van der Waals surface area contributed by atoms with E-state index in [0.29, 0.717) is 32.3 Å². The molecular weight excluding hydrogens is 318 g/mol. The first kappa shape index (κ1) is 18.0. The second kappa shape index (κ2) is 9.91. The van der Waals surface area contributed by atoms with Gasteiger partial charge in [-0.1, -0.05) is 15.9 Å². The maximum atomic E-state index is 10.9. The van der Waals surface area contributed by atoms with Crippen LogP contribution in [0.5, 0.6) is 0 Å². The van der Waals surface area contributed by atoms with Gasteiger partial charge in [-0.05, 0) is 33.6 Å². The minimum Gasteiger partial charge on any atom is -0.374 e. The first-order valence-electron chi connectivity index (χ1n) is 6.36. The monoisotopic (exact) mass is 341 g/mol. The second-order valence-corrected chi connectivity index (χ2v) is 7.58. The number of rotatable bonds is 11. The summed E-state index contributed by atoms with van der Waals surface area (Å²) in [4.78, 5) is 10.6. The third-order valence-corrected chi connectivity index (χ3v) is 6.40. The quantitative estimate of drug-likeness (QED) is 0.461. The molecule has 0 aliphatic heterocycles. The molecule has 0 saturated carbocycles. The molecule has 0 spiro atoms. The molecule has 2 N–H and O–H groups in total. The van der Waals surface area contributed by atoms with Crippen molar-refractivity contribution in [2.75, 3.05) is 19.8 Å². The molecule has 0 aromatic rings. The molecule has 0 heterocycles. The fourth-order valence-electron chi connectivity index (χ4n) is 1.64. The number of hydrogen-bond donors (Lipinski definition) is 1. The van der Waals surface area contributed by atoms with Gasteiger partial charge >= 0.3 is 8.80 Å². The topological polar surface area (TPSA) is 70.8 Å². The van der Waals surface area contributed by atoms with E-state index in [9.17, 15) is 4.79 Å².